The van der Waals surface area contributed by atoms with Crippen LogP contribution in [0, 0.1) is 6.92 Å². The highest BCUT2D eigenvalue weighted by Gasteiger charge is 2.42. The van der Waals surface area contributed by atoms with Gasteiger partial charge in [-0.2, -0.15) is 31.4 Å². The van der Waals surface area contributed by atoms with Crippen LogP contribution in [0.1, 0.15) is 11.3 Å². The highest BCUT2D eigenvalue weighted by Crippen LogP contribution is 2.41. The molecular formula is C13H5Cl2F6N3O2S. The number of benzene rings is 1. The van der Waals surface area contributed by atoms with Crippen LogP contribution in [0.25, 0.3) is 5.69 Å². The zero-order valence-corrected chi connectivity index (χ0v) is 15.1. The van der Waals surface area contributed by atoms with Crippen LogP contribution in [0.3, 0.4) is 0 Å². The molecule has 1 atom stereocenters. The van der Waals surface area contributed by atoms with Crippen molar-refractivity contribution >= 4 is 45.9 Å². The van der Waals surface area contributed by atoms with Crippen LogP contribution in [0.2, 0.25) is 10.0 Å². The van der Waals surface area contributed by atoms with Gasteiger partial charge < -0.3 is 0 Å². The molecule has 0 bridgehead atoms. The van der Waals surface area contributed by atoms with E-state index in [1.54, 1.807) is 0 Å². The molecule has 0 aliphatic carbocycles. The van der Waals surface area contributed by atoms with E-state index >= 15 is 0 Å². The summed E-state index contributed by atoms with van der Waals surface area (Å²) in [7, 11) is -3.63. The first-order chi connectivity index (χ1) is 12.3. The van der Waals surface area contributed by atoms with Crippen molar-refractivity contribution in [1.29, 1.82) is 0 Å². The summed E-state index contributed by atoms with van der Waals surface area (Å²) in [6, 6.07) is 0.934. The number of aliphatic imine (C=N–C) groups is 1. The van der Waals surface area contributed by atoms with E-state index in [1.807, 2.05) is 0 Å². The monoisotopic (exact) mass is 451 g/mol. The van der Waals surface area contributed by atoms with Gasteiger partial charge >= 0.3 is 11.7 Å². The first kappa shape index (κ1) is 21.4. The van der Waals surface area contributed by atoms with Gasteiger partial charge in [-0.3, -0.25) is 0 Å². The quantitative estimate of drug-likeness (QED) is 0.370. The van der Waals surface area contributed by atoms with Crippen LogP contribution in [-0.2, 0) is 21.8 Å². The van der Waals surface area contributed by atoms with Crippen LogP contribution in [0.5, 0.6) is 0 Å². The highest BCUT2D eigenvalue weighted by atomic mass is 35.5. The lowest BCUT2D eigenvalue weighted by Crippen LogP contribution is -2.16. The summed E-state index contributed by atoms with van der Waals surface area (Å²) in [4.78, 5) is 12.7. The maximum atomic E-state index is 12.8. The first-order valence-corrected chi connectivity index (χ1v) is 8.42. The standard InChI is InChI=1S/C13H5Cl2F6N3O2S/c1-5-10(27(26)13(19,20)21)11(22-4-25)24(23-5)9-7(14)2-6(3-8(9)15)12(16,17)18/h2-3H,1H3. The van der Waals surface area contributed by atoms with Gasteiger partial charge in [-0.05, 0) is 19.1 Å². The molecule has 5 nitrogen and oxygen atoms in total. The van der Waals surface area contributed by atoms with Gasteiger partial charge in [0.15, 0.2) is 16.6 Å². The van der Waals surface area contributed by atoms with E-state index in [9.17, 15) is 35.3 Å². The van der Waals surface area contributed by atoms with Crippen molar-refractivity contribution in [3.63, 3.8) is 0 Å². The van der Waals surface area contributed by atoms with Gasteiger partial charge in [0.1, 0.15) is 10.6 Å². The third-order valence-electron chi connectivity index (χ3n) is 3.09. The molecule has 0 N–H and O–H groups in total. The van der Waals surface area contributed by atoms with Crippen molar-refractivity contribution in [2.75, 3.05) is 0 Å². The predicted octanol–water partition coefficient (Wildman–Crippen LogP) is 5.10. The Morgan fingerprint density at radius 3 is 2.07 bits per heavy atom. The summed E-state index contributed by atoms with van der Waals surface area (Å²) >= 11 is 11.6. The van der Waals surface area contributed by atoms with E-state index in [-0.39, 0.29) is 0 Å². The summed E-state index contributed by atoms with van der Waals surface area (Å²) in [5.74, 6) is -0.873. The minimum Gasteiger partial charge on any atom is -0.245 e. The van der Waals surface area contributed by atoms with E-state index in [1.165, 1.54) is 0 Å². The Balaban J connectivity index is 2.82. The molecule has 1 aromatic heterocycles. The summed E-state index contributed by atoms with van der Waals surface area (Å²) in [6.07, 6.45) is -3.82. The predicted molar refractivity (Wildman–Crippen MR) is 83.6 cm³/mol. The molecule has 1 aromatic carbocycles. The van der Waals surface area contributed by atoms with Gasteiger partial charge in [0.2, 0.25) is 6.08 Å². The summed E-state index contributed by atoms with van der Waals surface area (Å²) < 4.78 is 89.2. The number of aryl methyl sites for hydroxylation is 1. The largest absolute Gasteiger partial charge is 0.476 e. The lowest BCUT2D eigenvalue weighted by molar-refractivity contribution is -0.137. The normalized spacial score (nSPS) is 13.4. The molecule has 0 amide bonds. The molecule has 1 unspecified atom stereocenters. The molecule has 2 rings (SSSR count). The Morgan fingerprint density at radius 1 is 1.15 bits per heavy atom. The van der Waals surface area contributed by atoms with E-state index in [0.29, 0.717) is 16.8 Å². The zero-order valence-electron chi connectivity index (χ0n) is 12.7. The molecule has 0 spiro atoms. The van der Waals surface area contributed by atoms with Crippen molar-refractivity contribution in [3.8, 4) is 5.69 Å². The van der Waals surface area contributed by atoms with Crippen molar-refractivity contribution in [1.82, 2.24) is 9.78 Å². The number of aromatic nitrogens is 2. The number of rotatable bonds is 3. The minimum absolute atomic E-state index is 0.452. The Labute approximate surface area is 159 Å². The van der Waals surface area contributed by atoms with Crippen LogP contribution < -0.4 is 0 Å². The van der Waals surface area contributed by atoms with Crippen molar-refractivity contribution in [3.05, 3.63) is 33.4 Å². The number of hydrogen-bond donors (Lipinski definition) is 0. The first-order valence-electron chi connectivity index (χ1n) is 6.51. The maximum absolute atomic E-state index is 12.8. The molecule has 0 fully saturated rings. The molecule has 0 saturated heterocycles. The smallest absolute Gasteiger partial charge is 0.245 e. The van der Waals surface area contributed by atoms with Crippen LogP contribution >= 0.6 is 23.2 Å². The second kappa shape index (κ2) is 7.27. The van der Waals surface area contributed by atoms with Crippen LogP contribution in [-0.4, -0.2) is 25.6 Å². The molecular weight excluding hydrogens is 447 g/mol. The lowest BCUT2D eigenvalue weighted by atomic mass is 10.2. The van der Waals surface area contributed by atoms with Crippen molar-refractivity contribution < 1.29 is 35.3 Å². The lowest BCUT2D eigenvalue weighted by Gasteiger charge is -2.13. The third kappa shape index (κ3) is 4.18. The molecule has 0 saturated carbocycles. The topological polar surface area (TPSA) is 64.3 Å². The Morgan fingerprint density at radius 2 is 1.67 bits per heavy atom. The molecule has 146 valence electrons. The summed E-state index contributed by atoms with van der Waals surface area (Å²) in [5.41, 5.74) is -7.36. The SMILES string of the molecule is Cc1nn(-c2c(Cl)cc(C(F)(F)F)cc2Cl)c(N=C=O)c1S(=O)C(F)(F)F. The average molecular weight is 452 g/mol. The Hall–Kier alpha value is -1.88. The van der Waals surface area contributed by atoms with Gasteiger partial charge in [-0.1, -0.05) is 23.2 Å². The van der Waals surface area contributed by atoms with Crippen LogP contribution in [0.4, 0.5) is 32.2 Å². The fraction of sp³-hybridized carbons (Fsp3) is 0.231. The van der Waals surface area contributed by atoms with Gasteiger partial charge in [-0.15, -0.1) is 4.99 Å². The van der Waals surface area contributed by atoms with E-state index in [4.69, 9.17) is 23.2 Å². The number of isocyanates is 1. The number of hydrogen-bond acceptors (Lipinski definition) is 4. The van der Waals surface area contributed by atoms with Gasteiger partial charge in [0.25, 0.3) is 0 Å². The molecule has 2 aromatic rings. The maximum Gasteiger partial charge on any atom is 0.476 e. The van der Waals surface area contributed by atoms with Gasteiger partial charge in [0.05, 0.1) is 21.3 Å². The van der Waals surface area contributed by atoms with Crippen molar-refractivity contribution in [2.45, 2.75) is 23.5 Å². The third-order valence-corrected chi connectivity index (χ3v) is 4.93. The molecule has 27 heavy (non-hydrogen) atoms. The Kier molecular flexibility index (Phi) is 5.77. The van der Waals surface area contributed by atoms with Gasteiger partial charge in [0, 0.05) is 0 Å². The highest BCUT2D eigenvalue weighted by molar-refractivity contribution is 7.86. The molecule has 0 radical (unpaired) electrons. The second-order valence-corrected chi connectivity index (χ2v) is 7.08. The zero-order chi connectivity index (χ0) is 20.7. The number of nitrogens with zero attached hydrogens (tertiary/aromatic N) is 3. The molecule has 14 heteroatoms. The van der Waals surface area contributed by atoms with E-state index in [0.717, 1.165) is 13.0 Å². The fourth-order valence-electron chi connectivity index (χ4n) is 2.06. The van der Waals surface area contributed by atoms with E-state index in [2.05, 4.69) is 10.1 Å². The molecule has 0 aliphatic heterocycles. The van der Waals surface area contributed by atoms with Crippen LogP contribution in [0.15, 0.2) is 22.0 Å². The molecule has 1 heterocycles. The number of carbonyl (C=O) groups excluding carboxylic acids is 1. The second-order valence-electron chi connectivity index (χ2n) is 4.85. The number of alkyl halides is 6. The fourth-order valence-corrected chi connectivity index (χ4v) is 3.55. The van der Waals surface area contributed by atoms with Crippen molar-refractivity contribution in [2.24, 2.45) is 4.99 Å². The average Bonchev–Trinajstić information content (AvgIpc) is 2.80. The van der Waals surface area contributed by atoms with E-state index < -0.39 is 60.2 Å². The van der Waals surface area contributed by atoms with Gasteiger partial charge in [-0.25, -0.2) is 13.7 Å². The summed E-state index contributed by atoms with van der Waals surface area (Å²) in [6.45, 7) is 1.03. The Bertz CT molecular complexity index is 957. The molecule has 0 aliphatic rings. The number of halogens is 8. The summed E-state index contributed by atoms with van der Waals surface area (Å²) in [5, 5.41) is 2.38. The minimum atomic E-state index is -5.21.